The van der Waals surface area contributed by atoms with Crippen molar-refractivity contribution in [1.29, 1.82) is 0 Å². The minimum absolute atomic E-state index is 0.0326. The molecule has 1 amide bonds. The van der Waals surface area contributed by atoms with Gasteiger partial charge in [-0.05, 0) is 35.0 Å². The van der Waals surface area contributed by atoms with Gasteiger partial charge >= 0.3 is 6.18 Å². The molecule has 124 valence electrons. The summed E-state index contributed by atoms with van der Waals surface area (Å²) in [4.78, 5) is 12.9. The molecule has 0 spiro atoms. The van der Waals surface area contributed by atoms with Crippen LogP contribution in [0.25, 0.3) is 0 Å². The number of likely N-dealkylation sites (N-methyl/N-ethyl adjacent to an activating group) is 1. The fourth-order valence-electron chi connectivity index (χ4n) is 2.07. The van der Waals surface area contributed by atoms with Gasteiger partial charge in [-0.3, -0.25) is 4.79 Å². The van der Waals surface area contributed by atoms with Crippen LogP contribution >= 0.6 is 22.9 Å². The summed E-state index contributed by atoms with van der Waals surface area (Å²) in [6, 6.07) is 4.82. The molecule has 0 saturated heterocycles. The van der Waals surface area contributed by atoms with Crippen molar-refractivity contribution in [3.63, 3.8) is 0 Å². The molecule has 1 heterocycles. The summed E-state index contributed by atoms with van der Waals surface area (Å²) in [5.41, 5.74) is 0.225. The van der Waals surface area contributed by atoms with E-state index in [9.17, 15) is 18.0 Å². The van der Waals surface area contributed by atoms with E-state index in [0.717, 1.165) is 28.7 Å². The largest absolute Gasteiger partial charge is 0.416 e. The predicted octanol–water partition coefficient (Wildman–Crippen LogP) is 3.07. The molecule has 1 atom stereocenters. The number of amides is 1. The number of benzene rings is 1. The minimum atomic E-state index is -4.48. The fraction of sp³-hybridized carbons (Fsp3) is 0.267. The van der Waals surface area contributed by atoms with Crippen molar-refractivity contribution in [3.05, 3.63) is 51.2 Å². The molecule has 1 aromatic carbocycles. The van der Waals surface area contributed by atoms with E-state index < -0.39 is 11.7 Å². The molecule has 1 aromatic heterocycles. The molecule has 2 N–H and O–H groups in total. The number of anilines is 1. The van der Waals surface area contributed by atoms with Gasteiger partial charge in [-0.25, -0.2) is 0 Å². The van der Waals surface area contributed by atoms with Crippen molar-refractivity contribution >= 4 is 34.5 Å². The van der Waals surface area contributed by atoms with Crippen molar-refractivity contribution in [1.82, 2.24) is 0 Å². The van der Waals surface area contributed by atoms with Crippen molar-refractivity contribution in [2.45, 2.75) is 12.7 Å². The van der Waals surface area contributed by atoms with Gasteiger partial charge in [0.2, 0.25) is 0 Å². The molecule has 0 aliphatic heterocycles. The van der Waals surface area contributed by atoms with Crippen LogP contribution in [-0.2, 0) is 17.5 Å². The standard InChI is InChI=1S/C15H14ClF3N2OS/c1-21(7-10-4-5-23-9-10)8-14(22)20-13-6-11(15(17,18)19)2-3-12(13)16/h2-6,9H,7-8H2,1H3,(H,20,22)/p+1. The Morgan fingerprint density at radius 3 is 2.70 bits per heavy atom. The van der Waals surface area contributed by atoms with Crippen LogP contribution in [-0.4, -0.2) is 19.5 Å². The van der Waals surface area contributed by atoms with E-state index >= 15 is 0 Å². The summed E-state index contributed by atoms with van der Waals surface area (Å²) < 4.78 is 38.1. The third kappa shape index (κ3) is 5.23. The van der Waals surface area contributed by atoms with Crippen LogP contribution in [0.2, 0.25) is 5.02 Å². The first-order valence-electron chi connectivity index (χ1n) is 6.74. The minimum Gasteiger partial charge on any atom is -0.326 e. The molecule has 3 nitrogen and oxygen atoms in total. The molecule has 23 heavy (non-hydrogen) atoms. The number of quaternary nitrogens is 1. The lowest BCUT2D eigenvalue weighted by Crippen LogP contribution is -3.08. The lowest BCUT2D eigenvalue weighted by molar-refractivity contribution is -0.885. The molecule has 0 bridgehead atoms. The maximum Gasteiger partial charge on any atom is 0.416 e. The van der Waals surface area contributed by atoms with Gasteiger partial charge in [0.05, 0.1) is 23.3 Å². The summed E-state index contributed by atoms with van der Waals surface area (Å²) in [6.45, 7) is 0.787. The lowest BCUT2D eigenvalue weighted by atomic mass is 10.2. The number of nitrogens with one attached hydrogen (secondary N) is 2. The van der Waals surface area contributed by atoms with Crippen molar-refractivity contribution < 1.29 is 22.9 Å². The van der Waals surface area contributed by atoms with Crippen LogP contribution in [0.3, 0.4) is 0 Å². The van der Waals surface area contributed by atoms with Gasteiger partial charge < -0.3 is 10.2 Å². The molecule has 0 fully saturated rings. The third-order valence-corrected chi connectivity index (χ3v) is 4.18. The van der Waals surface area contributed by atoms with Crippen LogP contribution in [0.4, 0.5) is 18.9 Å². The SMILES string of the molecule is C[NH+](CC(=O)Nc1cc(C(F)(F)F)ccc1Cl)Cc1ccsc1. The number of carbonyl (C=O) groups excluding carboxylic acids is 1. The van der Waals surface area contributed by atoms with Crippen LogP contribution in [0.5, 0.6) is 0 Å². The van der Waals surface area contributed by atoms with E-state index in [1.165, 1.54) is 0 Å². The fourth-order valence-corrected chi connectivity index (χ4v) is 2.90. The highest BCUT2D eigenvalue weighted by atomic mass is 35.5. The summed E-state index contributed by atoms with van der Waals surface area (Å²) in [5.74, 6) is -0.390. The van der Waals surface area contributed by atoms with Crippen LogP contribution in [0.1, 0.15) is 11.1 Å². The van der Waals surface area contributed by atoms with Gasteiger partial charge in [-0.1, -0.05) is 11.6 Å². The van der Waals surface area contributed by atoms with E-state index in [0.29, 0.717) is 6.54 Å². The maximum absolute atomic E-state index is 12.7. The van der Waals surface area contributed by atoms with Gasteiger partial charge in [0.15, 0.2) is 6.54 Å². The molecule has 0 saturated carbocycles. The number of alkyl halides is 3. The Labute approximate surface area is 140 Å². The zero-order chi connectivity index (χ0) is 17.0. The van der Waals surface area contributed by atoms with E-state index in [2.05, 4.69) is 5.32 Å². The third-order valence-electron chi connectivity index (χ3n) is 3.12. The van der Waals surface area contributed by atoms with Gasteiger partial charge in [0, 0.05) is 5.56 Å². The number of thiophene rings is 1. The Morgan fingerprint density at radius 2 is 2.09 bits per heavy atom. The highest BCUT2D eigenvalue weighted by Gasteiger charge is 2.31. The molecule has 0 aliphatic carbocycles. The lowest BCUT2D eigenvalue weighted by Gasteiger charge is -2.15. The molecule has 2 rings (SSSR count). The van der Waals surface area contributed by atoms with Crippen LogP contribution < -0.4 is 10.2 Å². The maximum atomic E-state index is 12.7. The Kier molecular flexibility index (Phi) is 5.67. The average Bonchev–Trinajstić information content (AvgIpc) is 2.92. The first-order valence-corrected chi connectivity index (χ1v) is 8.07. The number of rotatable bonds is 5. The Balaban J connectivity index is 1.99. The molecule has 0 aliphatic rings. The second-order valence-corrected chi connectivity index (χ2v) is 6.37. The Bertz CT molecular complexity index is 674. The second kappa shape index (κ2) is 7.33. The highest BCUT2D eigenvalue weighted by molar-refractivity contribution is 7.07. The molecule has 1 unspecified atom stereocenters. The van der Waals surface area contributed by atoms with Crippen molar-refractivity contribution in [2.24, 2.45) is 0 Å². The summed E-state index contributed by atoms with van der Waals surface area (Å²) in [6.07, 6.45) is -4.48. The quantitative estimate of drug-likeness (QED) is 0.841. The summed E-state index contributed by atoms with van der Waals surface area (Å²) >= 11 is 7.43. The zero-order valence-corrected chi connectivity index (χ0v) is 13.8. The normalized spacial score (nSPS) is 12.9. The first-order chi connectivity index (χ1) is 10.8. The van der Waals surface area contributed by atoms with E-state index in [1.807, 2.05) is 23.9 Å². The number of halogens is 4. The highest BCUT2D eigenvalue weighted by Crippen LogP contribution is 2.33. The predicted molar refractivity (Wildman–Crippen MR) is 84.9 cm³/mol. The number of hydrogen-bond acceptors (Lipinski definition) is 2. The monoisotopic (exact) mass is 363 g/mol. The topological polar surface area (TPSA) is 33.5 Å². The van der Waals surface area contributed by atoms with Gasteiger partial charge in [-0.2, -0.15) is 24.5 Å². The molecule has 2 aromatic rings. The molecular weight excluding hydrogens is 349 g/mol. The molecule has 0 radical (unpaired) electrons. The zero-order valence-electron chi connectivity index (χ0n) is 12.2. The Hall–Kier alpha value is -1.57. The number of hydrogen-bond donors (Lipinski definition) is 2. The van der Waals surface area contributed by atoms with Gasteiger partial charge in [0.1, 0.15) is 6.54 Å². The Morgan fingerprint density at radius 1 is 1.35 bits per heavy atom. The summed E-state index contributed by atoms with van der Waals surface area (Å²) in [5, 5.41) is 6.46. The van der Waals surface area contributed by atoms with Crippen LogP contribution in [0, 0.1) is 0 Å². The van der Waals surface area contributed by atoms with Crippen molar-refractivity contribution in [2.75, 3.05) is 18.9 Å². The van der Waals surface area contributed by atoms with E-state index in [4.69, 9.17) is 11.6 Å². The van der Waals surface area contributed by atoms with Gasteiger partial charge in [-0.15, -0.1) is 0 Å². The smallest absolute Gasteiger partial charge is 0.326 e. The average molecular weight is 364 g/mol. The molecule has 8 heteroatoms. The van der Waals surface area contributed by atoms with Crippen molar-refractivity contribution in [3.8, 4) is 0 Å². The second-order valence-electron chi connectivity index (χ2n) is 5.18. The summed E-state index contributed by atoms with van der Waals surface area (Å²) in [7, 11) is 1.84. The van der Waals surface area contributed by atoms with Gasteiger partial charge in [0.25, 0.3) is 5.91 Å². The van der Waals surface area contributed by atoms with E-state index in [-0.39, 0.29) is 23.2 Å². The molecular formula is C15H15ClF3N2OS+. The van der Waals surface area contributed by atoms with Crippen LogP contribution in [0.15, 0.2) is 35.0 Å². The first kappa shape index (κ1) is 17.8. The number of carbonyl (C=O) groups is 1. The van der Waals surface area contributed by atoms with E-state index in [1.54, 1.807) is 11.3 Å².